The number of nitrogens with one attached hydrogen (secondary N) is 1. The minimum Gasteiger partial charge on any atom is -0.505 e. The Morgan fingerprint density at radius 1 is 1.37 bits per heavy atom. The highest BCUT2D eigenvalue weighted by Gasteiger charge is 2.29. The van der Waals surface area contributed by atoms with Crippen LogP contribution in [0.3, 0.4) is 0 Å². The van der Waals surface area contributed by atoms with Gasteiger partial charge in [0.2, 0.25) is 0 Å². The number of phenolic OH excluding ortho intramolecular Hbond substituents is 1. The van der Waals surface area contributed by atoms with E-state index in [1.54, 1.807) is 12.2 Å². The third kappa shape index (κ3) is 4.12. The number of hydrazine groups is 1. The van der Waals surface area contributed by atoms with Crippen molar-refractivity contribution in [2.75, 3.05) is 18.8 Å². The number of aromatic hydroxyl groups is 1. The lowest BCUT2D eigenvalue weighted by atomic mass is 9.84. The van der Waals surface area contributed by atoms with Crippen LogP contribution in [0.15, 0.2) is 41.5 Å². The monoisotopic (exact) mass is 369 g/mol. The first kappa shape index (κ1) is 19.3. The Morgan fingerprint density at radius 2 is 2.15 bits per heavy atom. The number of carbonyl (C=O) groups is 1. The predicted octanol–water partition coefficient (Wildman–Crippen LogP) is 2.87. The highest BCUT2D eigenvalue weighted by atomic mass is 16.5. The van der Waals surface area contributed by atoms with Gasteiger partial charge in [-0.2, -0.15) is 15.6 Å². The molecule has 27 heavy (non-hydrogen) atoms. The van der Waals surface area contributed by atoms with Gasteiger partial charge in [-0.25, -0.2) is 0 Å². The number of benzene rings is 1. The van der Waals surface area contributed by atoms with Gasteiger partial charge in [0.1, 0.15) is 17.7 Å². The highest BCUT2D eigenvalue weighted by molar-refractivity contribution is 6.03. The van der Waals surface area contributed by atoms with Gasteiger partial charge >= 0.3 is 0 Å². The van der Waals surface area contributed by atoms with Gasteiger partial charge in [-0.3, -0.25) is 0 Å². The summed E-state index contributed by atoms with van der Waals surface area (Å²) in [4.78, 5) is 11.4. The highest BCUT2D eigenvalue weighted by Crippen LogP contribution is 2.40. The molecule has 6 nitrogen and oxygen atoms in total. The lowest BCUT2D eigenvalue weighted by molar-refractivity contribution is -0.112. The zero-order chi connectivity index (χ0) is 19.6. The molecule has 2 atom stereocenters. The molecule has 1 aromatic rings. The lowest BCUT2D eigenvalue weighted by Gasteiger charge is -2.26. The van der Waals surface area contributed by atoms with E-state index in [4.69, 9.17) is 4.74 Å². The second kappa shape index (κ2) is 7.66. The molecule has 1 heterocycles. The maximum Gasteiger partial charge on any atom is 0.146 e. The molecule has 0 saturated heterocycles. The van der Waals surface area contributed by atoms with Crippen molar-refractivity contribution >= 4 is 17.7 Å². The third-order valence-corrected chi connectivity index (χ3v) is 4.73. The van der Waals surface area contributed by atoms with Crippen LogP contribution in [0.25, 0.3) is 0 Å². The van der Waals surface area contributed by atoms with Crippen LogP contribution >= 0.6 is 0 Å². The van der Waals surface area contributed by atoms with Crippen LogP contribution in [0.1, 0.15) is 31.9 Å². The summed E-state index contributed by atoms with van der Waals surface area (Å²) in [5.74, 6) is -0.0318. The van der Waals surface area contributed by atoms with Gasteiger partial charge in [0.15, 0.2) is 0 Å². The summed E-state index contributed by atoms with van der Waals surface area (Å²) in [5, 5.41) is 17.2. The lowest BCUT2D eigenvalue weighted by Crippen LogP contribution is -2.37. The summed E-state index contributed by atoms with van der Waals surface area (Å²) < 4.78 is 5.14. The molecule has 0 saturated carbocycles. The second-order valence-electron chi connectivity index (χ2n) is 8.00. The molecule has 0 amide bonds. The number of anilines is 1. The smallest absolute Gasteiger partial charge is 0.146 e. The largest absolute Gasteiger partial charge is 0.505 e. The first-order valence-corrected chi connectivity index (χ1v) is 9.13. The number of fused-ring (bicyclic) bond motifs is 1. The second-order valence-corrected chi connectivity index (χ2v) is 8.00. The van der Waals surface area contributed by atoms with Crippen LogP contribution in [0.5, 0.6) is 5.75 Å². The van der Waals surface area contributed by atoms with Gasteiger partial charge in [0.05, 0.1) is 18.4 Å². The summed E-state index contributed by atoms with van der Waals surface area (Å²) in [7, 11) is 1.59. The number of hydrogen-bond acceptors (Lipinski definition) is 6. The number of ether oxygens (including phenoxy) is 1. The Labute approximate surface area is 160 Å². The van der Waals surface area contributed by atoms with Gasteiger partial charge in [-0.05, 0) is 29.5 Å². The summed E-state index contributed by atoms with van der Waals surface area (Å²) in [6, 6.07) is 3.85. The van der Waals surface area contributed by atoms with Crippen molar-refractivity contribution in [1.29, 1.82) is 0 Å². The maximum atomic E-state index is 11.4. The number of hydrogen-bond donors (Lipinski definition) is 2. The Bertz CT molecular complexity index is 806. The van der Waals surface area contributed by atoms with Gasteiger partial charge in [-0.15, -0.1) is 0 Å². The molecule has 2 N–H and O–H groups in total. The van der Waals surface area contributed by atoms with E-state index in [0.29, 0.717) is 18.7 Å². The molecule has 3 rings (SSSR count). The van der Waals surface area contributed by atoms with E-state index in [1.165, 1.54) is 0 Å². The molecule has 6 heteroatoms. The van der Waals surface area contributed by atoms with Crippen molar-refractivity contribution in [2.24, 2.45) is 11.0 Å². The van der Waals surface area contributed by atoms with E-state index in [1.807, 2.05) is 36.4 Å². The number of carbonyl (C=O) groups excluding carboxylic acids is 1. The Morgan fingerprint density at radius 3 is 2.78 bits per heavy atom. The fraction of sp³-hybridized carbons (Fsp3) is 0.429. The molecule has 0 spiro atoms. The Balaban J connectivity index is 2.01. The summed E-state index contributed by atoms with van der Waals surface area (Å²) in [6.07, 6.45) is 9.34. The molecular weight excluding hydrogens is 342 g/mol. The van der Waals surface area contributed by atoms with Crippen molar-refractivity contribution < 1.29 is 14.6 Å². The van der Waals surface area contributed by atoms with E-state index < -0.39 is 0 Å². The number of phenols is 1. The number of nitrogens with zero attached hydrogens (tertiary/aromatic N) is 2. The Kier molecular flexibility index (Phi) is 5.48. The molecule has 144 valence electrons. The van der Waals surface area contributed by atoms with Gasteiger partial charge in [-0.1, -0.05) is 45.1 Å². The van der Waals surface area contributed by atoms with Crippen LogP contribution in [-0.2, 0) is 21.4 Å². The maximum absolute atomic E-state index is 11.4. The summed E-state index contributed by atoms with van der Waals surface area (Å²) in [6.45, 7) is 6.52. The van der Waals surface area contributed by atoms with E-state index in [-0.39, 0.29) is 23.1 Å². The quantitative estimate of drug-likeness (QED) is 0.754. The first-order chi connectivity index (χ1) is 12.8. The molecule has 0 aromatic heterocycles. The topological polar surface area (TPSA) is 74.2 Å². The summed E-state index contributed by atoms with van der Waals surface area (Å²) >= 11 is 0. The van der Waals surface area contributed by atoms with Crippen LogP contribution in [0.4, 0.5) is 5.69 Å². The molecule has 0 fully saturated rings. The van der Waals surface area contributed by atoms with Gasteiger partial charge < -0.3 is 14.6 Å². The van der Waals surface area contributed by atoms with E-state index in [9.17, 15) is 9.90 Å². The predicted molar refractivity (Wildman–Crippen MR) is 107 cm³/mol. The standard InChI is InChI=1S/C21H27N3O3/c1-21(2,3)16-10-14(9-15(12-25)13-27-4)11-19(20(16)26)24-22-17-7-5-6-8-18(17)23-24/h5-8,10-12,15,17,22,26H,9,13H2,1-4H3. The summed E-state index contributed by atoms with van der Waals surface area (Å²) in [5.41, 5.74) is 6.29. The molecule has 0 bridgehead atoms. The third-order valence-electron chi connectivity index (χ3n) is 4.73. The van der Waals surface area contributed by atoms with Crippen molar-refractivity contribution in [1.82, 2.24) is 5.43 Å². The minimum absolute atomic E-state index is 0.00708. The van der Waals surface area contributed by atoms with E-state index in [0.717, 1.165) is 23.1 Å². The molecule has 0 radical (unpaired) electrons. The minimum atomic E-state index is -0.258. The zero-order valence-electron chi connectivity index (χ0n) is 16.3. The molecule has 1 aliphatic heterocycles. The molecule has 1 aromatic carbocycles. The number of allylic oxidation sites excluding steroid dienone is 2. The van der Waals surface area contributed by atoms with Crippen molar-refractivity contribution in [2.45, 2.75) is 38.6 Å². The normalized spacial score (nSPS) is 19.8. The van der Waals surface area contributed by atoms with Crippen LogP contribution in [-0.4, -0.2) is 36.9 Å². The molecular formula is C21H27N3O3. The average molecular weight is 369 g/mol. The molecule has 1 aliphatic carbocycles. The fourth-order valence-electron chi connectivity index (χ4n) is 3.33. The number of hydrazone groups is 1. The first-order valence-electron chi connectivity index (χ1n) is 9.13. The molecule has 2 aliphatic rings. The van der Waals surface area contributed by atoms with Gasteiger partial charge in [0, 0.05) is 18.6 Å². The van der Waals surface area contributed by atoms with Crippen molar-refractivity contribution in [3.63, 3.8) is 0 Å². The van der Waals surface area contributed by atoms with Crippen LogP contribution in [0.2, 0.25) is 0 Å². The van der Waals surface area contributed by atoms with Gasteiger partial charge in [0.25, 0.3) is 0 Å². The SMILES string of the molecule is COCC(C=O)Cc1cc(N2N=C3C=CC=CC3N2)c(O)c(C(C)(C)C)c1. The zero-order valence-corrected chi connectivity index (χ0v) is 16.3. The van der Waals surface area contributed by atoms with Crippen molar-refractivity contribution in [3.05, 3.63) is 47.6 Å². The Hall–Kier alpha value is -2.44. The average Bonchev–Trinajstić information content (AvgIpc) is 3.05. The van der Waals surface area contributed by atoms with Crippen molar-refractivity contribution in [3.8, 4) is 5.75 Å². The molecule has 2 unspecified atom stereocenters. The van der Waals surface area contributed by atoms with E-state index >= 15 is 0 Å². The fourth-order valence-corrected chi connectivity index (χ4v) is 3.33. The number of aldehydes is 1. The van der Waals surface area contributed by atoms with E-state index in [2.05, 4.69) is 31.3 Å². The van der Waals surface area contributed by atoms with Crippen LogP contribution < -0.4 is 10.5 Å². The number of rotatable bonds is 6. The van der Waals surface area contributed by atoms with Crippen LogP contribution in [0, 0.1) is 5.92 Å². The number of methoxy groups -OCH3 is 1.